The lowest BCUT2D eigenvalue weighted by molar-refractivity contribution is -0.127. The maximum absolute atomic E-state index is 13.5. The number of benzene rings is 1. The van der Waals surface area contributed by atoms with Gasteiger partial charge >= 0.3 is 6.09 Å². The number of carbonyl (C=O) groups is 4. The first-order valence-corrected chi connectivity index (χ1v) is 12.4. The monoisotopic (exact) mass is 486 g/mol. The molecule has 3 heterocycles. The highest BCUT2D eigenvalue weighted by Gasteiger charge is 2.39. The molecule has 2 aliphatic heterocycles. The van der Waals surface area contributed by atoms with Gasteiger partial charge in [0.1, 0.15) is 11.6 Å². The van der Waals surface area contributed by atoms with E-state index in [2.05, 4.69) is 15.6 Å². The molecule has 0 radical (unpaired) electrons. The van der Waals surface area contributed by atoms with E-state index in [0.29, 0.717) is 42.9 Å². The fraction of sp³-hybridized carbons (Fsp3) is 0.542. The highest BCUT2D eigenvalue weighted by Crippen LogP contribution is 2.26. The van der Waals surface area contributed by atoms with Crippen LogP contribution in [-0.2, 0) is 14.3 Å². The molecule has 3 amide bonds. The Morgan fingerprint density at radius 2 is 2.03 bits per heavy atom. The lowest BCUT2D eigenvalue weighted by atomic mass is 9.95. The summed E-state index contributed by atoms with van der Waals surface area (Å²) < 4.78 is 6.33. The average Bonchev–Trinajstić information content (AvgIpc) is 3.51. The standard InChI is InChI=1S/C24H30N4O5S/c1-24(2,3)33-23(32)28-12-6-8-17(28)21(31)26-16(13-14-10-11-25-20(14)30)19(29)22-27-15-7-4-5-9-18(15)34-22/h4-5,7,9,14,16-17H,6,8,10-13H2,1-3H3,(H,25,30)(H,26,31)/t14-,16-,17-/m0/s1. The molecule has 2 saturated heterocycles. The van der Waals surface area contributed by atoms with Gasteiger partial charge in [-0.05, 0) is 58.6 Å². The number of fused-ring (bicyclic) bond motifs is 1. The van der Waals surface area contributed by atoms with Crippen LogP contribution in [0.4, 0.5) is 4.79 Å². The number of Topliss-reactive ketones (excluding diaryl/α,β-unsaturated/α-hetero) is 1. The van der Waals surface area contributed by atoms with Crippen molar-refractivity contribution in [2.45, 2.75) is 64.1 Å². The second-order valence-corrected chi connectivity index (χ2v) is 10.8. The normalized spacial score (nSPS) is 21.4. The lowest BCUT2D eigenvalue weighted by Crippen LogP contribution is -2.52. The summed E-state index contributed by atoms with van der Waals surface area (Å²) in [7, 11) is 0. The van der Waals surface area contributed by atoms with E-state index in [1.807, 2.05) is 24.3 Å². The van der Waals surface area contributed by atoms with E-state index in [4.69, 9.17) is 4.74 Å². The SMILES string of the molecule is CC(C)(C)OC(=O)N1CCC[C@H]1C(=O)N[C@@H](C[C@@H]1CCNC1=O)C(=O)c1nc2ccccc2s1. The van der Waals surface area contributed by atoms with Gasteiger partial charge in [-0.1, -0.05) is 12.1 Å². The first-order valence-electron chi connectivity index (χ1n) is 11.6. The van der Waals surface area contributed by atoms with Gasteiger partial charge < -0.3 is 15.4 Å². The van der Waals surface area contributed by atoms with Crippen molar-refractivity contribution >= 4 is 45.2 Å². The molecule has 0 unspecified atom stereocenters. The first-order chi connectivity index (χ1) is 16.1. The molecule has 0 saturated carbocycles. The highest BCUT2D eigenvalue weighted by molar-refractivity contribution is 7.20. The van der Waals surface area contributed by atoms with Crippen molar-refractivity contribution in [3.8, 4) is 0 Å². The zero-order valence-electron chi connectivity index (χ0n) is 19.6. The molecule has 2 aliphatic rings. The minimum atomic E-state index is -0.914. The van der Waals surface area contributed by atoms with Crippen molar-refractivity contribution in [1.29, 1.82) is 0 Å². The number of ketones is 1. The molecule has 10 heteroatoms. The van der Waals surface area contributed by atoms with Gasteiger partial charge in [-0.3, -0.25) is 19.3 Å². The Bertz CT molecular complexity index is 1080. The summed E-state index contributed by atoms with van der Waals surface area (Å²) in [6.45, 7) is 6.28. The van der Waals surface area contributed by atoms with Crippen molar-refractivity contribution in [2.75, 3.05) is 13.1 Å². The average molecular weight is 487 g/mol. The Morgan fingerprint density at radius 3 is 2.71 bits per heavy atom. The maximum Gasteiger partial charge on any atom is 0.410 e. The van der Waals surface area contributed by atoms with Crippen LogP contribution in [-0.4, -0.2) is 64.3 Å². The predicted octanol–water partition coefficient (Wildman–Crippen LogP) is 2.89. The molecule has 1 aromatic carbocycles. The molecule has 2 N–H and O–H groups in total. The minimum Gasteiger partial charge on any atom is -0.444 e. The summed E-state index contributed by atoms with van der Waals surface area (Å²) in [5, 5.41) is 5.92. The smallest absolute Gasteiger partial charge is 0.410 e. The van der Waals surface area contributed by atoms with E-state index in [1.165, 1.54) is 16.2 Å². The van der Waals surface area contributed by atoms with E-state index in [-0.39, 0.29) is 24.0 Å². The van der Waals surface area contributed by atoms with Gasteiger partial charge in [0.15, 0.2) is 5.01 Å². The molecule has 34 heavy (non-hydrogen) atoms. The van der Waals surface area contributed by atoms with Crippen LogP contribution in [0, 0.1) is 5.92 Å². The maximum atomic E-state index is 13.5. The van der Waals surface area contributed by atoms with Gasteiger partial charge in [-0.25, -0.2) is 9.78 Å². The number of hydrogen-bond acceptors (Lipinski definition) is 7. The topological polar surface area (TPSA) is 118 Å². The Balaban J connectivity index is 1.53. The molecule has 0 spiro atoms. The number of amides is 3. The lowest BCUT2D eigenvalue weighted by Gasteiger charge is -2.29. The van der Waals surface area contributed by atoms with E-state index < -0.39 is 29.7 Å². The van der Waals surface area contributed by atoms with E-state index in [9.17, 15) is 19.2 Å². The summed E-state index contributed by atoms with van der Waals surface area (Å²) in [6, 6.07) is 5.81. The first kappa shape index (κ1) is 24.1. The van der Waals surface area contributed by atoms with Crippen molar-refractivity contribution in [1.82, 2.24) is 20.5 Å². The molecule has 182 valence electrons. The minimum absolute atomic E-state index is 0.118. The van der Waals surface area contributed by atoms with Crippen LogP contribution >= 0.6 is 11.3 Å². The van der Waals surface area contributed by atoms with Crippen LogP contribution in [0.1, 0.15) is 56.3 Å². The third kappa shape index (κ3) is 5.38. The molecule has 9 nitrogen and oxygen atoms in total. The van der Waals surface area contributed by atoms with E-state index in [1.54, 1.807) is 20.8 Å². The summed E-state index contributed by atoms with van der Waals surface area (Å²) in [5.74, 6) is -1.22. The van der Waals surface area contributed by atoms with Crippen LogP contribution < -0.4 is 10.6 Å². The number of ether oxygens (including phenoxy) is 1. The molecular weight excluding hydrogens is 456 g/mol. The second kappa shape index (κ2) is 9.69. The van der Waals surface area contributed by atoms with Gasteiger partial charge in [0.25, 0.3) is 0 Å². The van der Waals surface area contributed by atoms with Gasteiger partial charge in [0.05, 0.1) is 16.3 Å². The van der Waals surface area contributed by atoms with Crippen molar-refractivity contribution in [2.24, 2.45) is 5.92 Å². The number of likely N-dealkylation sites (tertiary alicyclic amines) is 1. The Hall–Kier alpha value is -3.01. The molecule has 1 aromatic heterocycles. The summed E-state index contributed by atoms with van der Waals surface area (Å²) in [5.41, 5.74) is 0.0356. The summed E-state index contributed by atoms with van der Waals surface area (Å²) in [6.07, 6.45) is 1.39. The second-order valence-electron chi connectivity index (χ2n) is 9.76. The van der Waals surface area contributed by atoms with Crippen molar-refractivity contribution in [3.63, 3.8) is 0 Å². The fourth-order valence-electron chi connectivity index (χ4n) is 4.36. The molecule has 4 rings (SSSR count). The van der Waals surface area contributed by atoms with Crippen LogP contribution in [0.3, 0.4) is 0 Å². The number of thiazole rings is 1. The number of hydrogen-bond donors (Lipinski definition) is 2. The van der Waals surface area contributed by atoms with Crippen LogP contribution in [0.5, 0.6) is 0 Å². The molecular formula is C24H30N4O5S. The zero-order chi connectivity index (χ0) is 24.5. The number of carbonyl (C=O) groups excluding carboxylic acids is 4. The van der Waals surface area contributed by atoms with Crippen LogP contribution in [0.15, 0.2) is 24.3 Å². The van der Waals surface area contributed by atoms with Crippen LogP contribution in [0.2, 0.25) is 0 Å². The quantitative estimate of drug-likeness (QED) is 0.607. The predicted molar refractivity (Wildman–Crippen MR) is 128 cm³/mol. The van der Waals surface area contributed by atoms with E-state index in [0.717, 1.165) is 4.70 Å². The van der Waals surface area contributed by atoms with Crippen molar-refractivity contribution in [3.05, 3.63) is 29.3 Å². The number of para-hydroxylation sites is 1. The molecule has 0 aliphatic carbocycles. The van der Waals surface area contributed by atoms with Crippen LogP contribution in [0.25, 0.3) is 10.2 Å². The number of nitrogens with one attached hydrogen (secondary N) is 2. The molecule has 2 fully saturated rings. The van der Waals surface area contributed by atoms with Gasteiger partial charge in [-0.2, -0.15) is 0 Å². The Labute approximate surface area is 202 Å². The Morgan fingerprint density at radius 1 is 1.26 bits per heavy atom. The largest absolute Gasteiger partial charge is 0.444 e. The van der Waals surface area contributed by atoms with E-state index >= 15 is 0 Å². The highest BCUT2D eigenvalue weighted by atomic mass is 32.1. The third-order valence-electron chi connectivity index (χ3n) is 6.00. The third-order valence-corrected chi connectivity index (χ3v) is 7.06. The summed E-state index contributed by atoms with van der Waals surface area (Å²) >= 11 is 1.27. The number of nitrogens with zero attached hydrogens (tertiary/aromatic N) is 2. The van der Waals surface area contributed by atoms with Gasteiger partial charge in [0.2, 0.25) is 17.6 Å². The van der Waals surface area contributed by atoms with Gasteiger partial charge in [0, 0.05) is 19.0 Å². The number of rotatable bonds is 6. The molecule has 0 bridgehead atoms. The summed E-state index contributed by atoms with van der Waals surface area (Å²) in [4.78, 5) is 57.4. The van der Waals surface area contributed by atoms with Crippen molar-refractivity contribution < 1.29 is 23.9 Å². The fourth-order valence-corrected chi connectivity index (χ4v) is 5.32. The molecule has 2 aromatic rings. The Kier molecular flexibility index (Phi) is 6.88. The molecule has 3 atom stereocenters. The van der Waals surface area contributed by atoms with Gasteiger partial charge in [-0.15, -0.1) is 11.3 Å². The number of aromatic nitrogens is 1. The zero-order valence-corrected chi connectivity index (χ0v) is 20.4.